The Balaban J connectivity index is 2.07. The number of methoxy groups -OCH3 is 1. The summed E-state index contributed by atoms with van der Waals surface area (Å²) in [6, 6.07) is 0.580. The molecule has 0 aromatic heterocycles. The Labute approximate surface area is 119 Å². The minimum atomic E-state index is 0.149. The van der Waals surface area contributed by atoms with Crippen molar-refractivity contribution in [3.8, 4) is 0 Å². The first-order chi connectivity index (χ1) is 9.11. The Morgan fingerprint density at radius 3 is 2.21 bits per heavy atom. The van der Waals surface area contributed by atoms with E-state index in [1.165, 1.54) is 44.9 Å². The van der Waals surface area contributed by atoms with Gasteiger partial charge in [-0.2, -0.15) is 0 Å². The normalized spacial score (nSPS) is 35.7. The maximum atomic E-state index is 5.99. The second kappa shape index (κ2) is 6.58. The van der Waals surface area contributed by atoms with Gasteiger partial charge in [0.05, 0.1) is 5.60 Å². The van der Waals surface area contributed by atoms with Gasteiger partial charge in [-0.15, -0.1) is 0 Å². The molecular formula is C17H33NO. The van der Waals surface area contributed by atoms with Gasteiger partial charge in [0.2, 0.25) is 0 Å². The van der Waals surface area contributed by atoms with E-state index in [-0.39, 0.29) is 5.60 Å². The number of hydrogen-bond acceptors (Lipinski definition) is 2. The van der Waals surface area contributed by atoms with E-state index in [0.29, 0.717) is 6.04 Å². The summed E-state index contributed by atoms with van der Waals surface area (Å²) in [4.78, 5) is 0. The zero-order chi connectivity index (χ0) is 13.9. The van der Waals surface area contributed by atoms with Crippen LogP contribution in [-0.2, 0) is 4.74 Å². The second-order valence-corrected chi connectivity index (χ2v) is 7.23. The van der Waals surface area contributed by atoms with E-state index in [0.717, 1.165) is 24.3 Å². The van der Waals surface area contributed by atoms with E-state index in [2.05, 4.69) is 26.1 Å². The highest BCUT2D eigenvalue weighted by molar-refractivity contribution is 5.03. The van der Waals surface area contributed by atoms with Gasteiger partial charge in [0.1, 0.15) is 0 Å². The van der Waals surface area contributed by atoms with Gasteiger partial charge in [0.25, 0.3) is 0 Å². The largest absolute Gasteiger partial charge is 0.377 e. The Bertz CT molecular complexity index is 259. The van der Waals surface area contributed by atoms with Crippen molar-refractivity contribution >= 4 is 0 Å². The molecule has 1 N–H and O–H groups in total. The molecule has 0 aliphatic heterocycles. The van der Waals surface area contributed by atoms with Gasteiger partial charge < -0.3 is 10.1 Å². The zero-order valence-corrected chi connectivity index (χ0v) is 13.4. The molecule has 2 fully saturated rings. The fraction of sp³-hybridized carbons (Fsp3) is 1.00. The summed E-state index contributed by atoms with van der Waals surface area (Å²) >= 11 is 0. The summed E-state index contributed by atoms with van der Waals surface area (Å²) in [6.07, 6.45) is 9.25. The minimum Gasteiger partial charge on any atom is -0.377 e. The molecule has 2 nitrogen and oxygen atoms in total. The number of hydrogen-bond donors (Lipinski definition) is 1. The molecule has 0 aromatic carbocycles. The van der Waals surface area contributed by atoms with Crippen LogP contribution in [0.1, 0.15) is 65.7 Å². The second-order valence-electron chi connectivity index (χ2n) is 7.23. The van der Waals surface area contributed by atoms with Gasteiger partial charge >= 0.3 is 0 Å². The lowest BCUT2D eigenvalue weighted by atomic mass is 9.64. The lowest BCUT2D eigenvalue weighted by Gasteiger charge is -2.51. The molecule has 0 radical (unpaired) electrons. The quantitative estimate of drug-likeness (QED) is 0.785. The van der Waals surface area contributed by atoms with Gasteiger partial charge in [-0.25, -0.2) is 0 Å². The Morgan fingerprint density at radius 1 is 1.16 bits per heavy atom. The Morgan fingerprint density at radius 2 is 1.79 bits per heavy atom. The summed E-state index contributed by atoms with van der Waals surface area (Å²) < 4.78 is 5.99. The molecule has 3 unspecified atom stereocenters. The van der Waals surface area contributed by atoms with E-state index < -0.39 is 0 Å². The summed E-state index contributed by atoms with van der Waals surface area (Å²) in [5.41, 5.74) is 0.149. The van der Waals surface area contributed by atoms with Crippen molar-refractivity contribution in [2.45, 2.75) is 77.4 Å². The first kappa shape index (κ1) is 15.3. The molecule has 0 heterocycles. The average molecular weight is 267 g/mol. The molecule has 0 bridgehead atoms. The Kier molecular flexibility index (Phi) is 5.30. The highest BCUT2D eigenvalue weighted by atomic mass is 16.5. The van der Waals surface area contributed by atoms with E-state index in [4.69, 9.17) is 4.74 Å². The van der Waals surface area contributed by atoms with Crippen molar-refractivity contribution < 1.29 is 4.74 Å². The highest BCUT2D eigenvalue weighted by Crippen LogP contribution is 2.45. The van der Waals surface area contributed by atoms with Crippen molar-refractivity contribution in [1.82, 2.24) is 5.32 Å². The molecule has 3 atom stereocenters. The van der Waals surface area contributed by atoms with Crippen molar-refractivity contribution in [1.29, 1.82) is 0 Å². The van der Waals surface area contributed by atoms with E-state index in [1.54, 1.807) is 0 Å². The van der Waals surface area contributed by atoms with Gasteiger partial charge in [-0.05, 0) is 69.2 Å². The van der Waals surface area contributed by atoms with Crippen molar-refractivity contribution in [3.05, 3.63) is 0 Å². The van der Waals surface area contributed by atoms with Crippen molar-refractivity contribution in [3.63, 3.8) is 0 Å². The van der Waals surface area contributed by atoms with Crippen LogP contribution in [0.2, 0.25) is 0 Å². The summed E-state index contributed by atoms with van der Waals surface area (Å²) in [5, 5.41) is 3.85. The molecule has 2 heteroatoms. The third-order valence-electron chi connectivity index (χ3n) is 5.47. The third-order valence-corrected chi connectivity index (χ3v) is 5.47. The maximum absolute atomic E-state index is 5.99. The fourth-order valence-electron chi connectivity index (χ4n) is 4.53. The zero-order valence-electron chi connectivity index (χ0n) is 13.4. The summed E-state index contributed by atoms with van der Waals surface area (Å²) in [6.45, 7) is 8.26. The number of rotatable bonds is 6. The van der Waals surface area contributed by atoms with Crippen LogP contribution in [0.25, 0.3) is 0 Å². The molecule has 2 rings (SSSR count). The van der Waals surface area contributed by atoms with Crippen LogP contribution in [-0.4, -0.2) is 25.3 Å². The maximum Gasteiger partial charge on any atom is 0.0833 e. The van der Waals surface area contributed by atoms with E-state index in [9.17, 15) is 0 Å². The SMILES string of the molecule is CCCNC(C1CC(C)CC(C)C1)C1(OC)CCC1. The molecule has 2 aliphatic carbocycles. The highest BCUT2D eigenvalue weighted by Gasteiger charge is 2.48. The summed E-state index contributed by atoms with van der Waals surface area (Å²) in [7, 11) is 1.93. The van der Waals surface area contributed by atoms with Crippen LogP contribution >= 0.6 is 0 Å². The van der Waals surface area contributed by atoms with Crippen LogP contribution in [0, 0.1) is 17.8 Å². The monoisotopic (exact) mass is 267 g/mol. The third kappa shape index (κ3) is 3.33. The topological polar surface area (TPSA) is 21.3 Å². The molecule has 0 aromatic rings. The van der Waals surface area contributed by atoms with E-state index in [1.807, 2.05) is 7.11 Å². The van der Waals surface area contributed by atoms with Crippen LogP contribution in [0.4, 0.5) is 0 Å². The molecule has 2 aliphatic rings. The Hall–Kier alpha value is -0.0800. The van der Waals surface area contributed by atoms with Crippen LogP contribution in [0.5, 0.6) is 0 Å². The molecule has 0 saturated heterocycles. The predicted molar refractivity (Wildman–Crippen MR) is 81.3 cm³/mol. The van der Waals surface area contributed by atoms with Gasteiger partial charge in [0.15, 0.2) is 0 Å². The van der Waals surface area contributed by atoms with Crippen LogP contribution in [0.15, 0.2) is 0 Å². The lowest BCUT2D eigenvalue weighted by molar-refractivity contribution is -0.117. The van der Waals surface area contributed by atoms with Crippen molar-refractivity contribution in [2.24, 2.45) is 17.8 Å². The smallest absolute Gasteiger partial charge is 0.0833 e. The van der Waals surface area contributed by atoms with Gasteiger partial charge in [0, 0.05) is 13.2 Å². The molecule has 19 heavy (non-hydrogen) atoms. The van der Waals surface area contributed by atoms with Crippen LogP contribution < -0.4 is 5.32 Å². The fourth-order valence-corrected chi connectivity index (χ4v) is 4.53. The standard InChI is InChI=1S/C17H33NO/c1-5-9-18-16(17(19-4)7-6-8-17)15-11-13(2)10-14(3)12-15/h13-16,18H,5-12H2,1-4H3. The number of nitrogens with one attached hydrogen (secondary N) is 1. The van der Waals surface area contributed by atoms with Crippen LogP contribution in [0.3, 0.4) is 0 Å². The van der Waals surface area contributed by atoms with Gasteiger partial charge in [-0.3, -0.25) is 0 Å². The molecule has 0 spiro atoms. The summed E-state index contributed by atoms with van der Waals surface area (Å²) in [5.74, 6) is 2.58. The first-order valence-electron chi connectivity index (χ1n) is 8.40. The minimum absolute atomic E-state index is 0.149. The molecule has 0 amide bonds. The predicted octanol–water partition coefficient (Wildman–Crippen LogP) is 4.00. The van der Waals surface area contributed by atoms with E-state index >= 15 is 0 Å². The average Bonchev–Trinajstić information content (AvgIpc) is 2.31. The molecular weight excluding hydrogens is 234 g/mol. The van der Waals surface area contributed by atoms with Gasteiger partial charge in [-0.1, -0.05) is 20.8 Å². The first-order valence-corrected chi connectivity index (χ1v) is 8.40. The molecule has 112 valence electrons. The molecule has 2 saturated carbocycles. The number of ether oxygens (including phenoxy) is 1. The van der Waals surface area contributed by atoms with Crippen molar-refractivity contribution in [2.75, 3.05) is 13.7 Å². The lowest BCUT2D eigenvalue weighted by Crippen LogP contribution is -2.60.